The highest BCUT2D eigenvalue weighted by molar-refractivity contribution is 6.04. The molecule has 2 aliphatic rings. The lowest BCUT2D eigenvalue weighted by atomic mass is 9.88. The number of hydrogen-bond acceptors (Lipinski definition) is 4. The maximum atomic E-state index is 13.0. The highest BCUT2D eigenvalue weighted by Crippen LogP contribution is 2.35. The number of rotatable bonds is 2. The number of aliphatic hydroxyl groups excluding tert-OH is 1. The van der Waals surface area contributed by atoms with Gasteiger partial charge in [0, 0.05) is 23.7 Å². The smallest absolute Gasteiger partial charge is 0.433 e. The first-order valence-corrected chi connectivity index (χ1v) is 9.83. The molecular weight excluding hydrogens is 397 g/mol. The van der Waals surface area contributed by atoms with Gasteiger partial charge in [0.05, 0.1) is 12.7 Å². The number of nitrogens with zero attached hydrogens (tertiary/aromatic N) is 1. The molecule has 2 aromatic rings. The SMILES string of the molecule is O=C(/C=C1\CCCOc2nc(C(F)(F)F)ccc21)Nc1cccc2c1CC(O)CC2. The molecule has 1 amide bonds. The largest absolute Gasteiger partial charge is 0.477 e. The van der Waals surface area contributed by atoms with Crippen molar-refractivity contribution >= 4 is 17.2 Å². The van der Waals surface area contributed by atoms with Gasteiger partial charge in [-0.1, -0.05) is 12.1 Å². The molecule has 0 spiro atoms. The van der Waals surface area contributed by atoms with Crippen LogP contribution >= 0.6 is 0 Å². The van der Waals surface area contributed by atoms with Gasteiger partial charge < -0.3 is 15.2 Å². The lowest BCUT2D eigenvalue weighted by Crippen LogP contribution is -2.21. The number of ether oxygens (including phenoxy) is 1. The van der Waals surface area contributed by atoms with Gasteiger partial charge in [-0.3, -0.25) is 4.79 Å². The zero-order valence-electron chi connectivity index (χ0n) is 16.1. The Bertz CT molecular complexity index is 1000. The van der Waals surface area contributed by atoms with Crippen LogP contribution in [0.1, 0.15) is 41.6 Å². The number of aromatic nitrogens is 1. The molecule has 1 aromatic carbocycles. The third-order valence-electron chi connectivity index (χ3n) is 5.35. The third kappa shape index (κ3) is 4.33. The molecular formula is C22H21F3N2O3. The quantitative estimate of drug-likeness (QED) is 0.719. The van der Waals surface area contributed by atoms with Crippen LogP contribution in [0.2, 0.25) is 0 Å². The number of nitrogens with one attached hydrogen (secondary N) is 1. The predicted molar refractivity (Wildman–Crippen MR) is 105 cm³/mol. The fraction of sp³-hybridized carbons (Fsp3) is 0.364. The van der Waals surface area contributed by atoms with E-state index in [0.29, 0.717) is 42.5 Å². The van der Waals surface area contributed by atoms with Crippen LogP contribution in [-0.4, -0.2) is 28.7 Å². The number of aliphatic hydroxyl groups is 1. The van der Waals surface area contributed by atoms with Crippen molar-refractivity contribution in [3.05, 3.63) is 58.8 Å². The van der Waals surface area contributed by atoms with E-state index in [2.05, 4.69) is 10.3 Å². The van der Waals surface area contributed by atoms with Crippen LogP contribution in [-0.2, 0) is 23.8 Å². The second-order valence-electron chi connectivity index (χ2n) is 7.50. The van der Waals surface area contributed by atoms with Crippen LogP contribution < -0.4 is 10.1 Å². The van der Waals surface area contributed by atoms with Crippen LogP contribution in [0, 0.1) is 0 Å². The van der Waals surface area contributed by atoms with Crippen molar-refractivity contribution in [3.63, 3.8) is 0 Å². The van der Waals surface area contributed by atoms with E-state index in [4.69, 9.17) is 4.74 Å². The normalized spacial score (nSPS) is 20.0. The standard InChI is InChI=1S/C22H21F3N2O3/c23-22(24,25)19-9-8-16-14(4-2-10-30-21(16)27-19)11-20(29)26-18-5-1-3-13-6-7-15(28)12-17(13)18/h1,3,5,8-9,11,15,28H,2,4,6-7,10,12H2,(H,26,29)/b14-11+. The highest BCUT2D eigenvalue weighted by atomic mass is 19.4. The fourth-order valence-corrected chi connectivity index (χ4v) is 3.88. The number of carbonyl (C=O) groups excluding carboxylic acids is 1. The summed E-state index contributed by atoms with van der Waals surface area (Å²) >= 11 is 0. The zero-order valence-corrected chi connectivity index (χ0v) is 16.1. The summed E-state index contributed by atoms with van der Waals surface area (Å²) in [5.41, 5.74) is 2.60. The van der Waals surface area contributed by atoms with E-state index in [9.17, 15) is 23.1 Å². The van der Waals surface area contributed by atoms with Gasteiger partial charge in [0.2, 0.25) is 11.8 Å². The maximum Gasteiger partial charge on any atom is 0.433 e. The Labute approximate surface area is 171 Å². The topological polar surface area (TPSA) is 71.5 Å². The van der Waals surface area contributed by atoms with Crippen molar-refractivity contribution in [1.29, 1.82) is 0 Å². The number of anilines is 1. The predicted octanol–water partition coefficient (Wildman–Crippen LogP) is 4.14. The molecule has 0 saturated carbocycles. The van der Waals surface area contributed by atoms with Gasteiger partial charge in [-0.05, 0) is 60.6 Å². The molecule has 2 N–H and O–H groups in total. The molecule has 1 aromatic heterocycles. The number of fused-ring (bicyclic) bond motifs is 2. The summed E-state index contributed by atoms with van der Waals surface area (Å²) in [6.07, 6.45) is -0.651. The van der Waals surface area contributed by atoms with Crippen molar-refractivity contribution in [2.45, 2.75) is 44.4 Å². The molecule has 1 aliphatic heterocycles. The van der Waals surface area contributed by atoms with E-state index in [1.807, 2.05) is 12.1 Å². The first-order valence-electron chi connectivity index (χ1n) is 9.83. The minimum absolute atomic E-state index is 0.110. The number of pyridine rings is 1. The van der Waals surface area contributed by atoms with Gasteiger partial charge in [0.15, 0.2) is 0 Å². The van der Waals surface area contributed by atoms with Gasteiger partial charge in [-0.2, -0.15) is 13.2 Å². The number of halogens is 3. The van der Waals surface area contributed by atoms with Crippen molar-refractivity contribution < 1.29 is 27.8 Å². The first kappa shape index (κ1) is 20.4. The van der Waals surface area contributed by atoms with Crippen LogP contribution in [0.3, 0.4) is 0 Å². The first-order chi connectivity index (χ1) is 14.3. The summed E-state index contributed by atoms with van der Waals surface area (Å²) in [5.74, 6) is -0.493. The lowest BCUT2D eigenvalue weighted by molar-refractivity contribution is -0.141. The molecule has 5 nitrogen and oxygen atoms in total. The van der Waals surface area contributed by atoms with Crippen LogP contribution in [0.5, 0.6) is 5.88 Å². The molecule has 2 heterocycles. The Morgan fingerprint density at radius 2 is 2.07 bits per heavy atom. The van der Waals surface area contributed by atoms with Crippen molar-refractivity contribution in [3.8, 4) is 5.88 Å². The van der Waals surface area contributed by atoms with E-state index < -0.39 is 18.0 Å². The van der Waals surface area contributed by atoms with Crippen LogP contribution in [0.4, 0.5) is 18.9 Å². The van der Waals surface area contributed by atoms with Gasteiger partial charge in [-0.15, -0.1) is 0 Å². The lowest BCUT2D eigenvalue weighted by Gasteiger charge is -2.23. The Morgan fingerprint density at radius 1 is 1.23 bits per heavy atom. The summed E-state index contributed by atoms with van der Waals surface area (Å²) in [6, 6.07) is 7.83. The average Bonchev–Trinajstić information content (AvgIpc) is 2.89. The summed E-state index contributed by atoms with van der Waals surface area (Å²) in [7, 11) is 0. The van der Waals surface area contributed by atoms with E-state index in [0.717, 1.165) is 23.6 Å². The van der Waals surface area contributed by atoms with Crippen molar-refractivity contribution in [2.24, 2.45) is 0 Å². The van der Waals surface area contributed by atoms with Gasteiger partial charge in [0.1, 0.15) is 5.69 Å². The number of hydrogen-bond donors (Lipinski definition) is 2. The van der Waals surface area contributed by atoms with Gasteiger partial charge >= 0.3 is 6.18 Å². The Morgan fingerprint density at radius 3 is 2.87 bits per heavy atom. The van der Waals surface area contributed by atoms with E-state index in [1.54, 1.807) is 6.07 Å². The Kier molecular flexibility index (Phi) is 5.51. The zero-order chi connectivity index (χ0) is 21.3. The summed E-state index contributed by atoms with van der Waals surface area (Å²) in [5, 5.41) is 12.8. The highest BCUT2D eigenvalue weighted by Gasteiger charge is 2.34. The van der Waals surface area contributed by atoms with Gasteiger partial charge in [-0.25, -0.2) is 4.98 Å². The number of amides is 1. The minimum atomic E-state index is -4.57. The molecule has 1 atom stereocenters. The molecule has 1 unspecified atom stereocenters. The molecule has 0 saturated heterocycles. The van der Waals surface area contributed by atoms with E-state index >= 15 is 0 Å². The van der Waals surface area contributed by atoms with Gasteiger partial charge in [0.25, 0.3) is 0 Å². The number of aryl methyl sites for hydroxylation is 1. The maximum absolute atomic E-state index is 13.0. The summed E-state index contributed by atoms with van der Waals surface area (Å²) < 4.78 is 44.3. The second kappa shape index (κ2) is 8.10. The summed E-state index contributed by atoms with van der Waals surface area (Å²) in [6.45, 7) is 0.227. The molecule has 8 heteroatoms. The van der Waals surface area contributed by atoms with Crippen LogP contribution in [0.15, 0.2) is 36.4 Å². The number of alkyl halides is 3. The number of carbonyl (C=O) groups is 1. The monoisotopic (exact) mass is 418 g/mol. The fourth-order valence-electron chi connectivity index (χ4n) is 3.88. The van der Waals surface area contributed by atoms with E-state index in [-0.39, 0.29) is 18.4 Å². The third-order valence-corrected chi connectivity index (χ3v) is 5.35. The molecule has 0 radical (unpaired) electrons. The minimum Gasteiger partial charge on any atom is -0.477 e. The summed E-state index contributed by atoms with van der Waals surface area (Å²) in [4.78, 5) is 16.3. The Balaban J connectivity index is 1.61. The van der Waals surface area contributed by atoms with E-state index in [1.165, 1.54) is 12.1 Å². The number of allylic oxidation sites excluding steroid dienone is 1. The molecule has 4 rings (SSSR count). The second-order valence-corrected chi connectivity index (χ2v) is 7.50. The molecule has 30 heavy (non-hydrogen) atoms. The Hall–Kier alpha value is -2.87. The molecule has 158 valence electrons. The van der Waals surface area contributed by atoms with Crippen molar-refractivity contribution in [1.82, 2.24) is 4.98 Å². The molecule has 1 aliphatic carbocycles. The average molecular weight is 418 g/mol. The van der Waals surface area contributed by atoms with Crippen molar-refractivity contribution in [2.75, 3.05) is 11.9 Å². The number of benzene rings is 1. The van der Waals surface area contributed by atoms with Crippen LogP contribution in [0.25, 0.3) is 5.57 Å². The molecule has 0 fully saturated rings. The molecule has 0 bridgehead atoms.